The molecule has 1 amide bonds. The first-order chi connectivity index (χ1) is 9.99. The molecule has 1 aromatic carbocycles. The number of hydrogen-bond donors (Lipinski definition) is 1. The van der Waals surface area contributed by atoms with Crippen LogP contribution >= 0.6 is 23.1 Å². The molecule has 7 heteroatoms. The molecule has 0 aliphatic carbocycles. The van der Waals surface area contributed by atoms with Crippen molar-refractivity contribution in [1.82, 2.24) is 10.2 Å². The van der Waals surface area contributed by atoms with Gasteiger partial charge in [-0.25, -0.2) is 0 Å². The third-order valence-corrected chi connectivity index (χ3v) is 4.79. The van der Waals surface area contributed by atoms with E-state index in [1.165, 1.54) is 28.7 Å². The van der Waals surface area contributed by atoms with E-state index in [1.807, 2.05) is 38.3 Å². The van der Waals surface area contributed by atoms with Crippen LogP contribution in [-0.2, 0) is 4.79 Å². The van der Waals surface area contributed by atoms with E-state index < -0.39 is 6.10 Å². The second kappa shape index (κ2) is 6.91. The number of hydrogen-bond acceptors (Lipinski definition) is 6. The molecule has 0 saturated heterocycles. The number of benzene rings is 1. The van der Waals surface area contributed by atoms with Gasteiger partial charge in [0.2, 0.25) is 5.13 Å². The SMILES string of the molecule is CSc1nnc(NC(=O)C(C)Oc2ccc(C)c(C)c2)s1. The molecule has 112 valence electrons. The number of aromatic nitrogens is 2. The van der Waals surface area contributed by atoms with Crippen molar-refractivity contribution >= 4 is 34.1 Å². The van der Waals surface area contributed by atoms with Crippen molar-refractivity contribution in [3.05, 3.63) is 29.3 Å². The summed E-state index contributed by atoms with van der Waals surface area (Å²) < 4.78 is 6.47. The Bertz CT molecular complexity index is 643. The molecule has 0 spiro atoms. The summed E-state index contributed by atoms with van der Waals surface area (Å²) in [6.07, 6.45) is 1.31. The van der Waals surface area contributed by atoms with Gasteiger partial charge >= 0.3 is 0 Å². The van der Waals surface area contributed by atoms with Gasteiger partial charge in [0.25, 0.3) is 5.91 Å². The number of nitrogens with one attached hydrogen (secondary N) is 1. The zero-order valence-electron chi connectivity index (χ0n) is 12.3. The Labute approximate surface area is 132 Å². The van der Waals surface area contributed by atoms with Crippen molar-refractivity contribution in [2.75, 3.05) is 11.6 Å². The molecule has 2 aromatic rings. The van der Waals surface area contributed by atoms with Gasteiger partial charge < -0.3 is 4.74 Å². The van der Waals surface area contributed by atoms with Gasteiger partial charge in [-0.1, -0.05) is 29.2 Å². The van der Waals surface area contributed by atoms with Crippen molar-refractivity contribution in [2.45, 2.75) is 31.2 Å². The van der Waals surface area contributed by atoms with Crippen LogP contribution in [0, 0.1) is 13.8 Å². The topological polar surface area (TPSA) is 64.1 Å². The number of carbonyl (C=O) groups is 1. The second-order valence-corrected chi connectivity index (χ2v) is 6.60. The fraction of sp³-hybridized carbons (Fsp3) is 0.357. The number of thioether (sulfide) groups is 1. The van der Waals surface area contributed by atoms with Crippen LogP contribution in [0.2, 0.25) is 0 Å². The quantitative estimate of drug-likeness (QED) is 0.676. The first-order valence-electron chi connectivity index (χ1n) is 6.42. The Hall–Kier alpha value is -1.60. The number of ether oxygens (including phenoxy) is 1. The van der Waals surface area contributed by atoms with E-state index in [1.54, 1.807) is 6.92 Å². The predicted molar refractivity (Wildman–Crippen MR) is 86.3 cm³/mol. The van der Waals surface area contributed by atoms with Crippen LogP contribution in [0.4, 0.5) is 5.13 Å². The van der Waals surface area contributed by atoms with E-state index >= 15 is 0 Å². The summed E-state index contributed by atoms with van der Waals surface area (Å²) in [5.74, 6) is 0.444. The van der Waals surface area contributed by atoms with Gasteiger partial charge in [0.1, 0.15) is 5.75 Å². The fourth-order valence-electron chi connectivity index (χ4n) is 1.59. The summed E-state index contributed by atoms with van der Waals surface area (Å²) in [6.45, 7) is 5.76. The minimum atomic E-state index is -0.603. The molecule has 1 aromatic heterocycles. The van der Waals surface area contributed by atoms with Gasteiger partial charge in [0, 0.05) is 0 Å². The summed E-state index contributed by atoms with van der Waals surface area (Å²) in [6, 6.07) is 5.77. The molecule has 5 nitrogen and oxygen atoms in total. The molecule has 0 radical (unpaired) electrons. The van der Waals surface area contributed by atoms with Gasteiger partial charge in [-0.3, -0.25) is 10.1 Å². The van der Waals surface area contributed by atoms with E-state index in [4.69, 9.17) is 4.74 Å². The smallest absolute Gasteiger partial charge is 0.266 e. The van der Waals surface area contributed by atoms with E-state index in [-0.39, 0.29) is 5.91 Å². The largest absolute Gasteiger partial charge is 0.481 e. The zero-order chi connectivity index (χ0) is 15.4. The Morgan fingerprint density at radius 2 is 2.10 bits per heavy atom. The second-order valence-electron chi connectivity index (χ2n) is 4.57. The van der Waals surface area contributed by atoms with Crippen molar-refractivity contribution in [1.29, 1.82) is 0 Å². The monoisotopic (exact) mass is 323 g/mol. The van der Waals surface area contributed by atoms with Crippen molar-refractivity contribution < 1.29 is 9.53 Å². The standard InChI is InChI=1S/C14H17N3O2S2/c1-8-5-6-11(7-9(8)2)19-10(3)12(18)15-13-16-17-14(20-4)21-13/h5-7,10H,1-4H3,(H,15,16,18). The summed E-state index contributed by atoms with van der Waals surface area (Å²) in [7, 11) is 0. The van der Waals surface area contributed by atoms with Crippen molar-refractivity contribution in [3.8, 4) is 5.75 Å². The highest BCUT2D eigenvalue weighted by Crippen LogP contribution is 2.23. The first-order valence-corrected chi connectivity index (χ1v) is 8.46. The van der Waals surface area contributed by atoms with E-state index in [2.05, 4.69) is 15.5 Å². The molecule has 0 aliphatic rings. The molecular weight excluding hydrogens is 306 g/mol. The molecule has 0 fully saturated rings. The first kappa shape index (κ1) is 15.8. The van der Waals surface area contributed by atoms with Gasteiger partial charge in [-0.2, -0.15) is 0 Å². The molecular formula is C14H17N3O2S2. The lowest BCUT2D eigenvalue weighted by molar-refractivity contribution is -0.122. The summed E-state index contributed by atoms with van der Waals surface area (Å²) >= 11 is 2.84. The molecule has 1 N–H and O–H groups in total. The molecule has 0 bridgehead atoms. The molecule has 21 heavy (non-hydrogen) atoms. The van der Waals surface area contributed by atoms with Gasteiger partial charge in [0.15, 0.2) is 10.4 Å². The molecule has 1 unspecified atom stereocenters. The number of anilines is 1. The highest BCUT2D eigenvalue weighted by molar-refractivity contribution is 8.00. The minimum Gasteiger partial charge on any atom is -0.481 e. The average Bonchev–Trinajstić information content (AvgIpc) is 2.90. The third-order valence-electron chi connectivity index (χ3n) is 2.97. The van der Waals surface area contributed by atoms with Crippen LogP contribution in [0.25, 0.3) is 0 Å². The Morgan fingerprint density at radius 3 is 2.71 bits per heavy atom. The van der Waals surface area contributed by atoms with Crippen LogP contribution in [0.3, 0.4) is 0 Å². The summed E-state index contributed by atoms with van der Waals surface area (Å²) in [4.78, 5) is 12.1. The Morgan fingerprint density at radius 1 is 1.33 bits per heavy atom. The Balaban J connectivity index is 1.97. The fourth-order valence-corrected chi connectivity index (χ4v) is 2.77. The number of nitrogens with zero attached hydrogens (tertiary/aromatic N) is 2. The maximum absolute atomic E-state index is 12.1. The Kier molecular flexibility index (Phi) is 5.19. The minimum absolute atomic E-state index is 0.239. The molecule has 1 heterocycles. The number of aryl methyl sites for hydroxylation is 2. The summed E-state index contributed by atoms with van der Waals surface area (Å²) in [5.41, 5.74) is 2.33. The van der Waals surface area contributed by atoms with Gasteiger partial charge in [0.05, 0.1) is 0 Å². The lowest BCUT2D eigenvalue weighted by Crippen LogP contribution is -2.30. The van der Waals surface area contributed by atoms with Crippen LogP contribution in [0.15, 0.2) is 22.5 Å². The van der Waals surface area contributed by atoms with Crippen LogP contribution < -0.4 is 10.1 Å². The molecule has 0 saturated carbocycles. The molecule has 1 atom stereocenters. The van der Waals surface area contributed by atoms with E-state index in [0.717, 1.165) is 9.90 Å². The zero-order valence-corrected chi connectivity index (χ0v) is 14.0. The van der Waals surface area contributed by atoms with Crippen molar-refractivity contribution in [2.24, 2.45) is 0 Å². The molecule has 0 aliphatic heterocycles. The normalized spacial score (nSPS) is 12.0. The van der Waals surface area contributed by atoms with Crippen LogP contribution in [-0.4, -0.2) is 28.5 Å². The maximum Gasteiger partial charge on any atom is 0.266 e. The van der Waals surface area contributed by atoms with E-state index in [9.17, 15) is 4.79 Å². The average molecular weight is 323 g/mol. The maximum atomic E-state index is 12.1. The summed E-state index contributed by atoms with van der Waals surface area (Å²) in [5, 5.41) is 11.0. The number of carbonyl (C=O) groups excluding carboxylic acids is 1. The van der Waals surface area contributed by atoms with Crippen molar-refractivity contribution in [3.63, 3.8) is 0 Å². The highest BCUT2D eigenvalue weighted by atomic mass is 32.2. The van der Waals surface area contributed by atoms with Crippen LogP contribution in [0.5, 0.6) is 5.75 Å². The number of rotatable bonds is 5. The van der Waals surface area contributed by atoms with E-state index in [0.29, 0.717) is 10.9 Å². The van der Waals surface area contributed by atoms with Crippen LogP contribution in [0.1, 0.15) is 18.1 Å². The lowest BCUT2D eigenvalue weighted by Gasteiger charge is -2.14. The highest BCUT2D eigenvalue weighted by Gasteiger charge is 2.17. The number of amides is 1. The lowest BCUT2D eigenvalue weighted by atomic mass is 10.1. The third kappa shape index (κ3) is 4.18. The predicted octanol–water partition coefficient (Wildman–Crippen LogP) is 3.28. The van der Waals surface area contributed by atoms with Gasteiger partial charge in [-0.05, 0) is 50.3 Å². The van der Waals surface area contributed by atoms with Gasteiger partial charge in [-0.15, -0.1) is 10.2 Å². The molecule has 2 rings (SSSR count).